The highest BCUT2D eigenvalue weighted by molar-refractivity contribution is 6.09. The van der Waals surface area contributed by atoms with Crippen LogP contribution in [0.1, 0.15) is 21.5 Å². The first-order chi connectivity index (χ1) is 15.0. The highest BCUT2D eigenvalue weighted by Gasteiger charge is 2.11. The van der Waals surface area contributed by atoms with E-state index in [2.05, 4.69) is 5.32 Å². The number of nitrogens with one attached hydrogen (secondary N) is 1. The number of methoxy groups -OCH3 is 1. The van der Waals surface area contributed by atoms with Crippen molar-refractivity contribution < 1.29 is 19.1 Å². The summed E-state index contributed by atoms with van der Waals surface area (Å²) in [6.07, 6.45) is 1.46. The van der Waals surface area contributed by atoms with Gasteiger partial charge in [0.15, 0.2) is 0 Å². The van der Waals surface area contributed by atoms with Gasteiger partial charge in [-0.1, -0.05) is 29.8 Å². The maximum atomic E-state index is 12.4. The molecular formula is C25H20N2O4. The summed E-state index contributed by atoms with van der Waals surface area (Å²) in [6.45, 7) is 1.94. The van der Waals surface area contributed by atoms with Crippen LogP contribution in [0.3, 0.4) is 0 Å². The maximum absolute atomic E-state index is 12.4. The van der Waals surface area contributed by atoms with E-state index in [1.165, 1.54) is 6.08 Å². The van der Waals surface area contributed by atoms with Gasteiger partial charge in [0.2, 0.25) is 0 Å². The standard InChI is InChI=1S/C25H20N2O4/c1-17-3-7-19(8-4-17)25(29)31-23-11-5-18(6-12-23)15-20(16-26)24(28)27-21-9-13-22(30-2)14-10-21/h3-15H,1-2H3,(H,27,28). The molecule has 0 spiro atoms. The summed E-state index contributed by atoms with van der Waals surface area (Å²) < 4.78 is 10.4. The summed E-state index contributed by atoms with van der Waals surface area (Å²) in [6, 6.07) is 22.3. The smallest absolute Gasteiger partial charge is 0.343 e. The van der Waals surface area contributed by atoms with E-state index in [0.717, 1.165) is 5.56 Å². The summed E-state index contributed by atoms with van der Waals surface area (Å²) in [4.78, 5) is 24.6. The third kappa shape index (κ3) is 5.81. The summed E-state index contributed by atoms with van der Waals surface area (Å²) >= 11 is 0. The van der Waals surface area contributed by atoms with Gasteiger partial charge >= 0.3 is 5.97 Å². The predicted octanol–water partition coefficient (Wildman–Crippen LogP) is 4.77. The molecule has 0 aliphatic carbocycles. The molecule has 0 radical (unpaired) electrons. The summed E-state index contributed by atoms with van der Waals surface area (Å²) in [5.41, 5.74) is 2.62. The number of aryl methyl sites for hydroxylation is 1. The van der Waals surface area contributed by atoms with E-state index in [0.29, 0.717) is 28.3 Å². The second-order valence-corrected chi connectivity index (χ2v) is 6.68. The SMILES string of the molecule is COc1ccc(NC(=O)C(C#N)=Cc2ccc(OC(=O)c3ccc(C)cc3)cc2)cc1. The highest BCUT2D eigenvalue weighted by atomic mass is 16.5. The molecule has 0 atom stereocenters. The Labute approximate surface area is 180 Å². The monoisotopic (exact) mass is 412 g/mol. The number of rotatable bonds is 6. The van der Waals surface area contributed by atoms with Crippen LogP contribution in [0.2, 0.25) is 0 Å². The number of anilines is 1. The van der Waals surface area contributed by atoms with Crippen LogP contribution < -0.4 is 14.8 Å². The third-order valence-corrected chi connectivity index (χ3v) is 4.40. The predicted molar refractivity (Wildman–Crippen MR) is 118 cm³/mol. The molecule has 0 aliphatic heterocycles. The van der Waals surface area contributed by atoms with Crippen LogP contribution in [0.25, 0.3) is 6.08 Å². The molecule has 31 heavy (non-hydrogen) atoms. The summed E-state index contributed by atoms with van der Waals surface area (Å²) in [7, 11) is 1.55. The average molecular weight is 412 g/mol. The zero-order valence-corrected chi connectivity index (χ0v) is 17.1. The van der Waals surface area contributed by atoms with Crippen molar-refractivity contribution in [2.45, 2.75) is 6.92 Å². The van der Waals surface area contributed by atoms with Gasteiger partial charge in [0.25, 0.3) is 5.91 Å². The van der Waals surface area contributed by atoms with Gasteiger partial charge in [-0.05, 0) is 67.1 Å². The fourth-order valence-electron chi connectivity index (χ4n) is 2.68. The van der Waals surface area contributed by atoms with E-state index in [1.54, 1.807) is 67.8 Å². The van der Waals surface area contributed by atoms with E-state index >= 15 is 0 Å². The molecule has 1 N–H and O–H groups in total. The molecule has 0 saturated heterocycles. The fraction of sp³-hybridized carbons (Fsp3) is 0.0800. The average Bonchev–Trinajstić information content (AvgIpc) is 2.79. The van der Waals surface area contributed by atoms with E-state index in [1.807, 2.05) is 25.1 Å². The number of ether oxygens (including phenoxy) is 2. The van der Waals surface area contributed by atoms with Crippen LogP contribution in [-0.2, 0) is 4.79 Å². The molecule has 0 saturated carbocycles. The van der Waals surface area contributed by atoms with Gasteiger partial charge in [-0.25, -0.2) is 4.79 Å². The molecule has 6 heteroatoms. The lowest BCUT2D eigenvalue weighted by Gasteiger charge is -2.06. The molecule has 3 aromatic carbocycles. The van der Waals surface area contributed by atoms with Crippen LogP contribution in [-0.4, -0.2) is 19.0 Å². The topological polar surface area (TPSA) is 88.4 Å². The lowest BCUT2D eigenvalue weighted by atomic mass is 10.1. The number of amides is 1. The zero-order valence-electron chi connectivity index (χ0n) is 17.1. The van der Waals surface area contributed by atoms with Gasteiger partial charge < -0.3 is 14.8 Å². The minimum absolute atomic E-state index is 0.0554. The second kappa shape index (κ2) is 9.90. The molecule has 0 unspecified atom stereocenters. The Morgan fingerprint density at radius 1 is 0.903 bits per heavy atom. The molecule has 3 aromatic rings. The Hall–Kier alpha value is -4.37. The van der Waals surface area contributed by atoms with Crippen molar-refractivity contribution in [3.8, 4) is 17.6 Å². The third-order valence-electron chi connectivity index (χ3n) is 4.40. The maximum Gasteiger partial charge on any atom is 0.343 e. The molecule has 0 bridgehead atoms. The van der Waals surface area contributed by atoms with Crippen molar-refractivity contribution in [3.63, 3.8) is 0 Å². The molecule has 3 rings (SSSR count). The molecule has 0 heterocycles. The lowest BCUT2D eigenvalue weighted by molar-refractivity contribution is -0.112. The van der Waals surface area contributed by atoms with Crippen LogP contribution in [0, 0.1) is 18.3 Å². The first-order valence-corrected chi connectivity index (χ1v) is 9.44. The Kier molecular flexibility index (Phi) is 6.82. The van der Waals surface area contributed by atoms with Crippen molar-refractivity contribution in [3.05, 3.63) is 95.1 Å². The number of carbonyl (C=O) groups is 2. The van der Waals surface area contributed by atoms with Gasteiger partial charge in [-0.15, -0.1) is 0 Å². The molecule has 0 aliphatic rings. The number of benzene rings is 3. The van der Waals surface area contributed by atoms with Crippen LogP contribution >= 0.6 is 0 Å². The van der Waals surface area contributed by atoms with E-state index in [-0.39, 0.29) is 5.57 Å². The molecule has 6 nitrogen and oxygen atoms in total. The number of hydrogen-bond donors (Lipinski definition) is 1. The normalized spacial score (nSPS) is 10.7. The minimum atomic E-state index is -0.525. The Morgan fingerprint density at radius 2 is 1.52 bits per heavy atom. The summed E-state index contributed by atoms with van der Waals surface area (Å²) in [5.74, 6) is 0.0450. The quantitative estimate of drug-likeness (QED) is 0.273. The van der Waals surface area contributed by atoms with Crippen molar-refractivity contribution in [2.24, 2.45) is 0 Å². The fourth-order valence-corrected chi connectivity index (χ4v) is 2.68. The molecule has 1 amide bonds. The van der Waals surface area contributed by atoms with Crippen molar-refractivity contribution >= 4 is 23.6 Å². The van der Waals surface area contributed by atoms with Gasteiger partial charge in [-0.2, -0.15) is 5.26 Å². The number of esters is 1. The second-order valence-electron chi connectivity index (χ2n) is 6.68. The van der Waals surface area contributed by atoms with Crippen LogP contribution in [0.5, 0.6) is 11.5 Å². The van der Waals surface area contributed by atoms with Gasteiger partial charge in [-0.3, -0.25) is 4.79 Å². The Bertz CT molecular complexity index is 1140. The van der Waals surface area contributed by atoms with Crippen molar-refractivity contribution in [1.29, 1.82) is 5.26 Å². The van der Waals surface area contributed by atoms with Gasteiger partial charge in [0.1, 0.15) is 23.1 Å². The van der Waals surface area contributed by atoms with E-state index < -0.39 is 11.9 Å². The van der Waals surface area contributed by atoms with Gasteiger partial charge in [0, 0.05) is 5.69 Å². The van der Waals surface area contributed by atoms with Crippen molar-refractivity contribution in [2.75, 3.05) is 12.4 Å². The highest BCUT2D eigenvalue weighted by Crippen LogP contribution is 2.18. The molecule has 0 fully saturated rings. The van der Waals surface area contributed by atoms with Crippen LogP contribution in [0.15, 0.2) is 78.4 Å². The largest absolute Gasteiger partial charge is 0.497 e. The molecule has 154 valence electrons. The first-order valence-electron chi connectivity index (χ1n) is 9.44. The number of nitriles is 1. The zero-order chi connectivity index (χ0) is 22.2. The number of carbonyl (C=O) groups excluding carboxylic acids is 2. The Balaban J connectivity index is 1.66. The summed E-state index contributed by atoms with van der Waals surface area (Å²) in [5, 5.41) is 12.0. The van der Waals surface area contributed by atoms with Crippen molar-refractivity contribution in [1.82, 2.24) is 0 Å². The number of nitrogens with zero attached hydrogens (tertiary/aromatic N) is 1. The van der Waals surface area contributed by atoms with Gasteiger partial charge in [0.05, 0.1) is 12.7 Å². The number of hydrogen-bond acceptors (Lipinski definition) is 5. The first kappa shape index (κ1) is 21.3. The van der Waals surface area contributed by atoms with E-state index in [4.69, 9.17) is 9.47 Å². The molecular weight excluding hydrogens is 392 g/mol. The van der Waals surface area contributed by atoms with E-state index in [9.17, 15) is 14.9 Å². The minimum Gasteiger partial charge on any atom is -0.497 e. The Morgan fingerprint density at radius 3 is 2.10 bits per heavy atom. The lowest BCUT2D eigenvalue weighted by Crippen LogP contribution is -2.13. The van der Waals surface area contributed by atoms with Crippen LogP contribution in [0.4, 0.5) is 5.69 Å². The molecule has 0 aromatic heterocycles.